The van der Waals surface area contributed by atoms with E-state index in [9.17, 15) is 13.2 Å². The Morgan fingerprint density at radius 3 is 2.44 bits per heavy atom. The SMILES string of the molecule is C[C@H](CS(=O)(=O)P)C1CCC2C3CCC4CC(=O)CCC4(C)C3CCC21C. The molecule has 4 rings (SSSR count). The molecule has 0 radical (unpaired) electrons. The summed E-state index contributed by atoms with van der Waals surface area (Å²) in [6.07, 6.45) is 10.3. The first kappa shape index (κ1) is 20.3. The van der Waals surface area contributed by atoms with E-state index < -0.39 is 9.46 Å². The third kappa shape index (κ3) is 3.35. The highest BCUT2D eigenvalue weighted by atomic mass is 32.7. The molecule has 4 fully saturated rings. The van der Waals surface area contributed by atoms with Crippen LogP contribution in [0.1, 0.15) is 78.6 Å². The number of hydrogen-bond acceptors (Lipinski definition) is 3. The molecule has 0 saturated heterocycles. The number of ketones is 1. The molecule has 3 nitrogen and oxygen atoms in total. The van der Waals surface area contributed by atoms with E-state index in [1.54, 1.807) is 0 Å². The molecule has 4 aliphatic rings. The van der Waals surface area contributed by atoms with Gasteiger partial charge in [0.15, 0.2) is 9.46 Å². The van der Waals surface area contributed by atoms with Gasteiger partial charge < -0.3 is 0 Å². The summed E-state index contributed by atoms with van der Waals surface area (Å²) in [6, 6.07) is 0. The summed E-state index contributed by atoms with van der Waals surface area (Å²) in [5, 5.41) is 0. The highest BCUT2D eigenvalue weighted by Crippen LogP contribution is 2.68. The molecule has 8 unspecified atom stereocenters. The second-order valence-electron chi connectivity index (χ2n) is 10.9. The standard InChI is InChI=1S/C22H37O3PS/c1-14(13-27(24,25)26)18-6-7-19-17-5-4-15-12-16(23)8-10-21(15,2)20(17)9-11-22(18,19)3/h14-15,17-20H,4-13,26H2,1-3H3/t14-,15?,17?,18?,19?,20?,21?,22?/m1/s1. The second-order valence-corrected chi connectivity index (χ2v) is 14.7. The van der Waals surface area contributed by atoms with Crippen LogP contribution < -0.4 is 0 Å². The molecule has 0 aromatic heterocycles. The lowest BCUT2D eigenvalue weighted by Crippen LogP contribution is -2.54. The zero-order chi connectivity index (χ0) is 19.6. The maximum atomic E-state index is 12.0. The monoisotopic (exact) mass is 412 g/mol. The normalized spacial score (nSPS) is 48.4. The molecule has 0 spiro atoms. The van der Waals surface area contributed by atoms with Crippen LogP contribution in [0.2, 0.25) is 0 Å². The predicted molar refractivity (Wildman–Crippen MR) is 113 cm³/mol. The lowest BCUT2D eigenvalue weighted by Gasteiger charge is -2.60. The molecule has 4 aliphatic carbocycles. The van der Waals surface area contributed by atoms with E-state index >= 15 is 0 Å². The average molecular weight is 413 g/mol. The van der Waals surface area contributed by atoms with Gasteiger partial charge in [-0.2, -0.15) is 0 Å². The number of rotatable bonds is 3. The average Bonchev–Trinajstić information content (AvgIpc) is 2.91. The second kappa shape index (κ2) is 6.79. The third-order valence-corrected chi connectivity index (χ3v) is 11.3. The summed E-state index contributed by atoms with van der Waals surface area (Å²) in [4.78, 5) is 12.0. The van der Waals surface area contributed by atoms with Crippen LogP contribution in [0.4, 0.5) is 0 Å². The Kier molecular flexibility index (Phi) is 5.12. The van der Waals surface area contributed by atoms with Gasteiger partial charge in [-0.15, -0.1) is 0 Å². The molecule has 0 aliphatic heterocycles. The molecule has 0 heterocycles. The zero-order valence-electron chi connectivity index (χ0n) is 17.2. The van der Waals surface area contributed by atoms with Gasteiger partial charge in [0.25, 0.3) is 0 Å². The summed E-state index contributed by atoms with van der Waals surface area (Å²) in [6.45, 7) is 7.15. The van der Waals surface area contributed by atoms with Crippen LogP contribution in [0.15, 0.2) is 0 Å². The van der Waals surface area contributed by atoms with Gasteiger partial charge in [0.1, 0.15) is 5.78 Å². The van der Waals surface area contributed by atoms with Crippen molar-refractivity contribution in [3.63, 3.8) is 0 Å². The molecule has 4 saturated carbocycles. The van der Waals surface area contributed by atoms with Gasteiger partial charge in [0.2, 0.25) is 0 Å². The van der Waals surface area contributed by atoms with Crippen LogP contribution in [-0.2, 0) is 14.3 Å². The molecule has 27 heavy (non-hydrogen) atoms. The Hall–Kier alpha value is 0.0500. The van der Waals surface area contributed by atoms with E-state index in [4.69, 9.17) is 0 Å². The van der Waals surface area contributed by atoms with Crippen molar-refractivity contribution in [3.05, 3.63) is 0 Å². The topological polar surface area (TPSA) is 51.2 Å². The number of fused-ring (bicyclic) bond motifs is 5. The minimum absolute atomic E-state index is 0.248. The summed E-state index contributed by atoms with van der Waals surface area (Å²) in [7, 11) is -0.941. The van der Waals surface area contributed by atoms with Gasteiger partial charge in [-0.25, -0.2) is 8.42 Å². The third-order valence-electron chi connectivity index (χ3n) is 9.74. The van der Waals surface area contributed by atoms with Crippen LogP contribution in [0.5, 0.6) is 0 Å². The summed E-state index contributed by atoms with van der Waals surface area (Å²) < 4.78 is 23.7. The smallest absolute Gasteiger partial charge is 0.161 e. The van der Waals surface area contributed by atoms with E-state index in [0.717, 1.165) is 37.0 Å². The first-order chi connectivity index (χ1) is 12.5. The van der Waals surface area contributed by atoms with E-state index in [1.165, 1.54) is 38.5 Å². The summed E-state index contributed by atoms with van der Waals surface area (Å²) in [5.41, 5.74) is 0.675. The highest BCUT2D eigenvalue weighted by molar-refractivity contribution is 8.37. The van der Waals surface area contributed by atoms with Gasteiger partial charge >= 0.3 is 0 Å². The summed E-state index contributed by atoms with van der Waals surface area (Å²) >= 11 is 0. The Morgan fingerprint density at radius 1 is 1.04 bits per heavy atom. The van der Waals surface area contributed by atoms with Gasteiger partial charge in [0.05, 0.1) is 5.75 Å². The van der Waals surface area contributed by atoms with Crippen molar-refractivity contribution in [3.8, 4) is 0 Å². The first-order valence-corrected chi connectivity index (χ1v) is 14.2. The molecular formula is C22H37O3PS. The first-order valence-electron chi connectivity index (χ1n) is 11.1. The molecule has 0 aromatic rings. The predicted octanol–water partition coefficient (Wildman–Crippen LogP) is 5.06. The molecular weight excluding hydrogens is 375 g/mol. The fourth-order valence-electron chi connectivity index (χ4n) is 8.50. The largest absolute Gasteiger partial charge is 0.300 e. The Bertz CT molecular complexity index is 719. The van der Waals surface area contributed by atoms with Gasteiger partial charge in [-0.1, -0.05) is 20.8 Å². The van der Waals surface area contributed by atoms with E-state index in [0.29, 0.717) is 34.2 Å². The van der Waals surface area contributed by atoms with E-state index in [1.807, 2.05) is 0 Å². The zero-order valence-corrected chi connectivity index (χ0v) is 19.2. The van der Waals surface area contributed by atoms with Crippen molar-refractivity contribution in [2.75, 3.05) is 5.75 Å². The van der Waals surface area contributed by atoms with Crippen LogP contribution in [-0.4, -0.2) is 20.0 Å². The van der Waals surface area contributed by atoms with Crippen molar-refractivity contribution in [1.82, 2.24) is 0 Å². The quantitative estimate of drug-likeness (QED) is 0.609. The van der Waals surface area contributed by atoms with Crippen molar-refractivity contribution < 1.29 is 13.2 Å². The summed E-state index contributed by atoms with van der Waals surface area (Å²) in [5.74, 6) is 4.53. The minimum Gasteiger partial charge on any atom is -0.300 e. The number of carbonyl (C=O) groups is 1. The minimum atomic E-state index is -2.99. The lowest BCUT2D eigenvalue weighted by atomic mass is 9.44. The molecule has 0 amide bonds. The molecule has 9 atom stereocenters. The molecule has 154 valence electrons. The van der Waals surface area contributed by atoms with Crippen molar-refractivity contribution in [2.45, 2.75) is 78.6 Å². The maximum absolute atomic E-state index is 12.0. The van der Waals surface area contributed by atoms with E-state index in [-0.39, 0.29) is 5.92 Å². The molecule has 0 bridgehead atoms. The number of Topliss-reactive ketones (excluding diaryl/α,β-unsaturated/α-hetero) is 1. The Balaban J connectivity index is 1.56. The van der Waals surface area contributed by atoms with Gasteiger partial charge in [-0.3, -0.25) is 4.79 Å². The van der Waals surface area contributed by atoms with Crippen LogP contribution in [0.3, 0.4) is 0 Å². The van der Waals surface area contributed by atoms with E-state index in [2.05, 4.69) is 29.2 Å². The molecule has 0 aromatic carbocycles. The van der Waals surface area contributed by atoms with Gasteiger partial charge in [-0.05, 0) is 99.7 Å². The maximum Gasteiger partial charge on any atom is 0.161 e. The van der Waals surface area contributed by atoms with Crippen molar-refractivity contribution in [1.29, 1.82) is 0 Å². The molecule has 0 N–H and O–H groups in total. The van der Waals surface area contributed by atoms with Crippen LogP contribution in [0.25, 0.3) is 0 Å². The fraction of sp³-hybridized carbons (Fsp3) is 0.955. The highest BCUT2D eigenvalue weighted by Gasteiger charge is 2.60. The Labute approximate surface area is 167 Å². The van der Waals surface area contributed by atoms with Crippen molar-refractivity contribution in [2.24, 2.45) is 46.3 Å². The lowest BCUT2D eigenvalue weighted by molar-refractivity contribution is -0.140. The van der Waals surface area contributed by atoms with Gasteiger partial charge in [0, 0.05) is 12.8 Å². The number of hydrogen-bond donors (Lipinski definition) is 0. The van der Waals surface area contributed by atoms with Crippen LogP contribution >= 0.6 is 8.44 Å². The Morgan fingerprint density at radius 2 is 1.74 bits per heavy atom. The van der Waals surface area contributed by atoms with Crippen LogP contribution in [0, 0.1) is 46.3 Å². The molecule has 5 heteroatoms. The number of carbonyl (C=O) groups excluding carboxylic acids is 1. The fourth-order valence-corrected chi connectivity index (χ4v) is 10.4. The van der Waals surface area contributed by atoms with Crippen molar-refractivity contribution >= 4 is 23.7 Å².